The van der Waals surface area contributed by atoms with Crippen LogP contribution in [0.2, 0.25) is 0 Å². The van der Waals surface area contributed by atoms with Crippen LogP contribution in [0.4, 0.5) is 5.82 Å². The van der Waals surface area contributed by atoms with E-state index in [9.17, 15) is 4.79 Å². The molecule has 0 aliphatic carbocycles. The largest absolute Gasteiger partial charge is 0.379 e. The van der Waals surface area contributed by atoms with Gasteiger partial charge >= 0.3 is 0 Å². The van der Waals surface area contributed by atoms with Crippen molar-refractivity contribution < 1.29 is 9.53 Å². The summed E-state index contributed by atoms with van der Waals surface area (Å²) in [5.41, 5.74) is 0.509. The first-order chi connectivity index (χ1) is 11.3. The number of ether oxygens (including phenoxy) is 1. The second-order valence-corrected chi connectivity index (χ2v) is 5.63. The topological polar surface area (TPSA) is 79.4 Å². The molecule has 0 aromatic carbocycles. The summed E-state index contributed by atoms with van der Waals surface area (Å²) < 4.78 is 5.32. The lowest BCUT2D eigenvalue weighted by Crippen LogP contribution is -2.38. The number of carbonyl (C=O) groups is 1. The first kappa shape index (κ1) is 17.6. The standard InChI is InChI=1S/C16H27N5O2/c1-2-3-5-18-15-14(12-17-13-20-15)16(22)19-6-4-7-21-8-10-23-11-9-21/h12-13H,2-11H2,1H3,(H,19,22)(H,17,18,20). The maximum atomic E-state index is 12.3. The third kappa shape index (κ3) is 6.11. The zero-order valence-corrected chi connectivity index (χ0v) is 13.9. The van der Waals surface area contributed by atoms with Crippen LogP contribution >= 0.6 is 0 Å². The molecule has 1 aromatic heterocycles. The third-order valence-electron chi connectivity index (χ3n) is 3.82. The molecule has 1 saturated heterocycles. The predicted octanol–water partition coefficient (Wildman–Crippen LogP) is 1.14. The van der Waals surface area contributed by atoms with Crippen LogP contribution in [0.15, 0.2) is 12.5 Å². The average molecular weight is 321 g/mol. The van der Waals surface area contributed by atoms with Crippen molar-refractivity contribution in [3.63, 3.8) is 0 Å². The van der Waals surface area contributed by atoms with Gasteiger partial charge in [-0.3, -0.25) is 9.69 Å². The number of anilines is 1. The molecule has 2 heterocycles. The van der Waals surface area contributed by atoms with Crippen molar-refractivity contribution in [3.05, 3.63) is 18.1 Å². The van der Waals surface area contributed by atoms with E-state index >= 15 is 0 Å². The van der Waals surface area contributed by atoms with Gasteiger partial charge in [-0.2, -0.15) is 0 Å². The van der Waals surface area contributed by atoms with Gasteiger partial charge in [0.1, 0.15) is 12.1 Å². The van der Waals surface area contributed by atoms with Crippen LogP contribution in [0, 0.1) is 0 Å². The molecular weight excluding hydrogens is 294 g/mol. The first-order valence-electron chi connectivity index (χ1n) is 8.43. The van der Waals surface area contributed by atoms with Gasteiger partial charge in [0, 0.05) is 32.4 Å². The van der Waals surface area contributed by atoms with E-state index in [1.807, 2.05) is 0 Å². The van der Waals surface area contributed by atoms with Crippen molar-refractivity contribution in [1.82, 2.24) is 20.2 Å². The van der Waals surface area contributed by atoms with Gasteiger partial charge in [0.25, 0.3) is 5.91 Å². The number of rotatable bonds is 9. The number of nitrogens with zero attached hydrogens (tertiary/aromatic N) is 3. The first-order valence-corrected chi connectivity index (χ1v) is 8.43. The van der Waals surface area contributed by atoms with Gasteiger partial charge in [0.05, 0.1) is 18.8 Å². The van der Waals surface area contributed by atoms with Crippen LogP contribution in [-0.4, -0.2) is 66.7 Å². The molecule has 0 bridgehead atoms. The smallest absolute Gasteiger partial charge is 0.256 e. The van der Waals surface area contributed by atoms with Crippen LogP contribution in [0.1, 0.15) is 36.5 Å². The molecule has 1 amide bonds. The summed E-state index contributed by atoms with van der Waals surface area (Å²) in [5, 5.41) is 6.16. The van der Waals surface area contributed by atoms with E-state index in [0.717, 1.165) is 58.7 Å². The van der Waals surface area contributed by atoms with Crippen molar-refractivity contribution in [3.8, 4) is 0 Å². The Labute approximate surface area is 137 Å². The number of amides is 1. The molecule has 1 fully saturated rings. The number of morpholine rings is 1. The number of nitrogens with one attached hydrogen (secondary N) is 2. The Bertz CT molecular complexity index is 477. The van der Waals surface area contributed by atoms with Crippen molar-refractivity contribution in [1.29, 1.82) is 0 Å². The van der Waals surface area contributed by atoms with Gasteiger partial charge in [-0.15, -0.1) is 0 Å². The molecule has 128 valence electrons. The van der Waals surface area contributed by atoms with Crippen molar-refractivity contribution in [2.45, 2.75) is 26.2 Å². The Morgan fingerprint density at radius 2 is 2.13 bits per heavy atom. The molecule has 0 atom stereocenters. The fraction of sp³-hybridized carbons (Fsp3) is 0.688. The highest BCUT2D eigenvalue weighted by molar-refractivity contribution is 5.98. The van der Waals surface area contributed by atoms with Gasteiger partial charge < -0.3 is 15.4 Å². The Kier molecular flexibility index (Phi) is 7.75. The van der Waals surface area contributed by atoms with Gasteiger partial charge in [0.15, 0.2) is 0 Å². The summed E-state index contributed by atoms with van der Waals surface area (Å²) in [4.78, 5) is 22.8. The molecular formula is C16H27N5O2. The van der Waals surface area contributed by atoms with Crippen LogP contribution < -0.4 is 10.6 Å². The zero-order chi connectivity index (χ0) is 16.3. The number of carbonyl (C=O) groups excluding carboxylic acids is 1. The maximum absolute atomic E-state index is 12.3. The van der Waals surface area contributed by atoms with Crippen LogP contribution in [0.25, 0.3) is 0 Å². The van der Waals surface area contributed by atoms with Crippen molar-refractivity contribution in [2.75, 3.05) is 51.3 Å². The summed E-state index contributed by atoms with van der Waals surface area (Å²) >= 11 is 0. The monoisotopic (exact) mass is 321 g/mol. The Hall–Kier alpha value is -1.73. The van der Waals surface area contributed by atoms with Crippen molar-refractivity contribution in [2.24, 2.45) is 0 Å². The lowest BCUT2D eigenvalue weighted by molar-refractivity contribution is 0.0374. The third-order valence-corrected chi connectivity index (χ3v) is 3.82. The summed E-state index contributed by atoms with van der Waals surface area (Å²) in [5.74, 6) is 0.491. The van der Waals surface area contributed by atoms with Gasteiger partial charge in [-0.25, -0.2) is 9.97 Å². The molecule has 2 N–H and O–H groups in total. The van der Waals surface area contributed by atoms with Crippen molar-refractivity contribution >= 4 is 11.7 Å². The van der Waals surface area contributed by atoms with Gasteiger partial charge in [0.2, 0.25) is 0 Å². The quantitative estimate of drug-likeness (QED) is 0.664. The molecule has 1 aromatic rings. The van der Waals surface area contributed by atoms with E-state index in [-0.39, 0.29) is 5.91 Å². The zero-order valence-electron chi connectivity index (χ0n) is 13.9. The Morgan fingerprint density at radius 3 is 2.91 bits per heavy atom. The minimum Gasteiger partial charge on any atom is -0.379 e. The van der Waals surface area contributed by atoms with Crippen LogP contribution in [0.5, 0.6) is 0 Å². The highest BCUT2D eigenvalue weighted by Crippen LogP contribution is 2.10. The fourth-order valence-corrected chi connectivity index (χ4v) is 2.44. The highest BCUT2D eigenvalue weighted by atomic mass is 16.5. The van der Waals surface area contributed by atoms with Gasteiger partial charge in [-0.05, 0) is 19.4 Å². The fourth-order valence-electron chi connectivity index (χ4n) is 2.44. The second kappa shape index (κ2) is 10.1. The summed E-state index contributed by atoms with van der Waals surface area (Å²) in [6.45, 7) is 8.14. The number of hydrogen-bond donors (Lipinski definition) is 2. The normalized spacial score (nSPS) is 15.3. The molecule has 1 aliphatic rings. The molecule has 7 heteroatoms. The molecule has 0 spiro atoms. The maximum Gasteiger partial charge on any atom is 0.256 e. The molecule has 0 saturated carbocycles. The van der Waals surface area contributed by atoms with E-state index < -0.39 is 0 Å². The molecule has 1 aliphatic heterocycles. The summed E-state index contributed by atoms with van der Waals surface area (Å²) in [7, 11) is 0. The lowest BCUT2D eigenvalue weighted by Gasteiger charge is -2.26. The molecule has 0 unspecified atom stereocenters. The average Bonchev–Trinajstić information content (AvgIpc) is 2.60. The van der Waals surface area contributed by atoms with Gasteiger partial charge in [-0.1, -0.05) is 13.3 Å². The van der Waals surface area contributed by atoms with Crippen LogP contribution in [0.3, 0.4) is 0 Å². The summed E-state index contributed by atoms with van der Waals surface area (Å²) in [6.07, 6.45) is 6.10. The number of unbranched alkanes of at least 4 members (excludes halogenated alkanes) is 1. The van der Waals surface area contributed by atoms with E-state index in [0.29, 0.717) is 17.9 Å². The number of hydrogen-bond acceptors (Lipinski definition) is 6. The second-order valence-electron chi connectivity index (χ2n) is 5.63. The Balaban J connectivity index is 1.74. The molecule has 2 rings (SSSR count). The van der Waals surface area contributed by atoms with Crippen LogP contribution in [-0.2, 0) is 4.74 Å². The SMILES string of the molecule is CCCCNc1ncncc1C(=O)NCCCN1CCOCC1. The Morgan fingerprint density at radius 1 is 1.30 bits per heavy atom. The van der Waals surface area contributed by atoms with E-state index in [4.69, 9.17) is 4.74 Å². The molecule has 0 radical (unpaired) electrons. The molecule has 7 nitrogen and oxygen atoms in total. The van der Waals surface area contributed by atoms with E-state index in [2.05, 4.69) is 32.4 Å². The molecule has 23 heavy (non-hydrogen) atoms. The number of aromatic nitrogens is 2. The predicted molar refractivity (Wildman–Crippen MR) is 89.6 cm³/mol. The van der Waals surface area contributed by atoms with E-state index in [1.165, 1.54) is 6.33 Å². The minimum atomic E-state index is -0.119. The highest BCUT2D eigenvalue weighted by Gasteiger charge is 2.13. The lowest BCUT2D eigenvalue weighted by atomic mass is 10.2. The minimum absolute atomic E-state index is 0.119. The summed E-state index contributed by atoms with van der Waals surface area (Å²) in [6, 6.07) is 0. The van der Waals surface area contributed by atoms with E-state index in [1.54, 1.807) is 6.20 Å².